The number of aromatic nitrogens is 4. The second-order valence-corrected chi connectivity index (χ2v) is 9.91. The van der Waals surface area contributed by atoms with E-state index in [1.165, 1.54) is 11.1 Å². The molecule has 198 valence electrons. The van der Waals surface area contributed by atoms with Gasteiger partial charge in [0.05, 0.1) is 0 Å². The number of nitrogens with one attached hydrogen (secondary N) is 3. The lowest BCUT2D eigenvalue weighted by atomic mass is 10.00. The normalized spacial score (nSPS) is 17.1. The Morgan fingerprint density at radius 2 is 1.86 bits per heavy atom. The van der Waals surface area contributed by atoms with Crippen LogP contribution in [0.1, 0.15) is 43.1 Å². The van der Waals surface area contributed by atoms with E-state index in [0.717, 1.165) is 64.1 Å². The van der Waals surface area contributed by atoms with Crippen molar-refractivity contribution in [3.63, 3.8) is 0 Å². The maximum atomic E-state index is 13.6. The molecule has 2 aromatic heterocycles. The summed E-state index contributed by atoms with van der Waals surface area (Å²) in [5.41, 5.74) is 4.30. The summed E-state index contributed by atoms with van der Waals surface area (Å²) in [6, 6.07) is 8.50. The minimum atomic E-state index is -4.66. The van der Waals surface area contributed by atoms with Crippen molar-refractivity contribution in [1.29, 1.82) is 0 Å². The Hall–Kier alpha value is -3.34. The third kappa shape index (κ3) is 5.82. The first-order valence-electron chi connectivity index (χ1n) is 12.8. The van der Waals surface area contributed by atoms with E-state index in [-0.39, 0.29) is 17.4 Å². The van der Waals surface area contributed by atoms with Crippen LogP contribution in [0.5, 0.6) is 0 Å². The molecule has 0 radical (unpaired) electrons. The lowest BCUT2D eigenvalue weighted by Gasteiger charge is -2.34. The van der Waals surface area contributed by atoms with Crippen LogP contribution >= 0.6 is 0 Å². The Kier molecular flexibility index (Phi) is 7.23. The van der Waals surface area contributed by atoms with Crippen LogP contribution in [0.2, 0.25) is 0 Å². The van der Waals surface area contributed by atoms with E-state index in [0.29, 0.717) is 17.9 Å². The highest BCUT2D eigenvalue weighted by atomic mass is 19.4. The molecular weight excluding hydrogens is 481 g/mol. The molecule has 11 heteroatoms. The number of hydrogen-bond acceptors (Lipinski definition) is 7. The molecule has 1 aromatic carbocycles. The largest absolute Gasteiger partial charge is 0.451 e. The maximum absolute atomic E-state index is 13.6. The second-order valence-electron chi connectivity index (χ2n) is 9.91. The molecule has 0 unspecified atom stereocenters. The number of halogens is 3. The number of anilines is 2. The summed E-state index contributed by atoms with van der Waals surface area (Å²) < 4.78 is 40.9. The molecule has 0 atom stereocenters. The van der Waals surface area contributed by atoms with Gasteiger partial charge in [-0.05, 0) is 43.7 Å². The van der Waals surface area contributed by atoms with E-state index in [4.69, 9.17) is 0 Å². The number of H-pyrrole nitrogens is 1. The average Bonchev–Trinajstić information content (AvgIpc) is 3.29. The van der Waals surface area contributed by atoms with E-state index < -0.39 is 12.0 Å². The maximum Gasteiger partial charge on any atom is 0.451 e. The van der Waals surface area contributed by atoms with Crippen molar-refractivity contribution in [2.45, 2.75) is 51.4 Å². The third-order valence-corrected chi connectivity index (χ3v) is 7.20. The first-order chi connectivity index (χ1) is 17.8. The predicted molar refractivity (Wildman–Crippen MR) is 138 cm³/mol. The highest BCUT2D eigenvalue weighted by molar-refractivity contribution is 5.93. The van der Waals surface area contributed by atoms with Crippen LogP contribution in [0.25, 0.3) is 11.0 Å². The summed E-state index contributed by atoms with van der Waals surface area (Å²) in [6.07, 6.45) is -1.24. The van der Waals surface area contributed by atoms with E-state index in [1.54, 1.807) is 0 Å². The van der Waals surface area contributed by atoms with E-state index in [1.807, 2.05) is 6.92 Å². The van der Waals surface area contributed by atoms with E-state index in [9.17, 15) is 13.2 Å². The summed E-state index contributed by atoms with van der Waals surface area (Å²) in [5, 5.41) is 13.5. The van der Waals surface area contributed by atoms with Gasteiger partial charge in [-0.25, -0.2) is 9.97 Å². The molecule has 4 heterocycles. The molecule has 0 aliphatic carbocycles. The van der Waals surface area contributed by atoms with Crippen molar-refractivity contribution in [2.75, 3.05) is 43.4 Å². The quantitative estimate of drug-likeness (QED) is 0.378. The van der Waals surface area contributed by atoms with Gasteiger partial charge in [0.15, 0.2) is 11.6 Å². The van der Waals surface area contributed by atoms with E-state index in [2.05, 4.69) is 71.4 Å². The molecule has 2 aliphatic rings. The highest BCUT2D eigenvalue weighted by Crippen LogP contribution is 2.32. The Balaban J connectivity index is 1.24. The second kappa shape index (κ2) is 10.6. The fraction of sp³-hybridized carbons (Fsp3) is 0.500. The molecule has 0 amide bonds. The molecule has 0 spiro atoms. The predicted octanol–water partition coefficient (Wildman–Crippen LogP) is 4.64. The van der Waals surface area contributed by atoms with Gasteiger partial charge in [0.1, 0.15) is 11.0 Å². The van der Waals surface area contributed by atoms with Crippen LogP contribution in [0.4, 0.5) is 24.8 Å². The zero-order valence-corrected chi connectivity index (χ0v) is 21.0. The fourth-order valence-corrected chi connectivity index (χ4v) is 5.11. The zero-order valence-electron chi connectivity index (χ0n) is 21.0. The lowest BCUT2D eigenvalue weighted by molar-refractivity contribution is -0.144. The van der Waals surface area contributed by atoms with Gasteiger partial charge < -0.3 is 15.5 Å². The molecule has 0 saturated carbocycles. The molecule has 3 N–H and O–H groups in total. The smallest absolute Gasteiger partial charge is 0.375 e. The Morgan fingerprint density at radius 1 is 1.11 bits per heavy atom. The van der Waals surface area contributed by atoms with Crippen molar-refractivity contribution < 1.29 is 13.2 Å². The Bertz CT molecular complexity index is 1250. The number of allylic oxidation sites excluding steroid dienone is 1. The van der Waals surface area contributed by atoms with Crippen molar-refractivity contribution in [3.8, 4) is 0 Å². The molecule has 2 aliphatic heterocycles. The van der Waals surface area contributed by atoms with Crippen molar-refractivity contribution in [1.82, 2.24) is 30.0 Å². The van der Waals surface area contributed by atoms with Crippen LogP contribution in [-0.2, 0) is 19.1 Å². The number of piperidine rings is 1. The first-order valence-corrected chi connectivity index (χ1v) is 12.8. The Labute approximate surface area is 214 Å². The third-order valence-electron chi connectivity index (χ3n) is 7.20. The molecule has 1 saturated heterocycles. The van der Waals surface area contributed by atoms with Gasteiger partial charge in [-0.1, -0.05) is 30.8 Å². The van der Waals surface area contributed by atoms with Gasteiger partial charge in [0, 0.05) is 51.0 Å². The molecule has 3 aromatic rings. The van der Waals surface area contributed by atoms with Crippen molar-refractivity contribution in [2.24, 2.45) is 0 Å². The fourth-order valence-electron chi connectivity index (χ4n) is 5.11. The SMILES string of the molecule is C=C(C)N1CCC(Nc2nc(C(F)(F)F)nc3c(NCCCN4CCc5ccccc5C4)n[nH]c23)CC1. The van der Waals surface area contributed by atoms with Gasteiger partial charge in [0.2, 0.25) is 5.82 Å². The summed E-state index contributed by atoms with van der Waals surface area (Å²) in [4.78, 5) is 12.2. The van der Waals surface area contributed by atoms with Crippen molar-refractivity contribution in [3.05, 3.63) is 53.5 Å². The summed E-state index contributed by atoms with van der Waals surface area (Å²) in [7, 11) is 0. The van der Waals surface area contributed by atoms with Gasteiger partial charge in [-0.3, -0.25) is 10.00 Å². The lowest BCUT2D eigenvalue weighted by Crippen LogP contribution is -2.38. The van der Waals surface area contributed by atoms with Gasteiger partial charge in [0.25, 0.3) is 0 Å². The van der Waals surface area contributed by atoms with Gasteiger partial charge >= 0.3 is 6.18 Å². The highest BCUT2D eigenvalue weighted by Gasteiger charge is 2.36. The number of nitrogens with zero attached hydrogens (tertiary/aromatic N) is 5. The minimum absolute atomic E-state index is 0.00386. The molecule has 5 rings (SSSR count). The van der Waals surface area contributed by atoms with Crippen LogP contribution in [-0.4, -0.2) is 68.7 Å². The number of likely N-dealkylation sites (tertiary alicyclic amines) is 1. The number of aromatic amines is 1. The van der Waals surface area contributed by atoms with Crippen LogP contribution in [0.15, 0.2) is 36.5 Å². The summed E-state index contributed by atoms with van der Waals surface area (Å²) >= 11 is 0. The number of hydrogen-bond donors (Lipinski definition) is 3. The summed E-state index contributed by atoms with van der Waals surface area (Å²) in [5.74, 6) is -0.719. The topological polar surface area (TPSA) is 85.0 Å². The molecular formula is C26H33F3N8. The van der Waals surface area contributed by atoms with Crippen LogP contribution in [0, 0.1) is 0 Å². The number of rotatable bonds is 8. The average molecular weight is 515 g/mol. The number of benzene rings is 1. The van der Waals surface area contributed by atoms with Crippen LogP contribution in [0.3, 0.4) is 0 Å². The first kappa shape index (κ1) is 25.3. The summed E-state index contributed by atoms with van der Waals surface area (Å²) in [6.45, 7) is 10.9. The zero-order chi connectivity index (χ0) is 26.0. The van der Waals surface area contributed by atoms with Gasteiger partial charge in [-0.2, -0.15) is 18.3 Å². The Morgan fingerprint density at radius 3 is 2.59 bits per heavy atom. The number of fused-ring (bicyclic) bond motifs is 2. The minimum Gasteiger partial charge on any atom is -0.375 e. The van der Waals surface area contributed by atoms with Crippen molar-refractivity contribution >= 4 is 22.7 Å². The van der Waals surface area contributed by atoms with E-state index >= 15 is 0 Å². The van der Waals surface area contributed by atoms with Gasteiger partial charge in [-0.15, -0.1) is 0 Å². The van der Waals surface area contributed by atoms with Crippen LogP contribution < -0.4 is 10.6 Å². The standard InChI is InChI=1S/C26H33F3N8/c1-17(2)37-14-9-20(10-15-37)31-24-22-21(32-25(33-24)26(27,28)29)23(35-34-22)30-11-5-12-36-13-8-18-6-3-4-7-19(18)16-36/h3-4,6-7,20H,1,5,8-16H2,2H3,(H2,30,34,35)(H,31,32,33). The molecule has 0 bridgehead atoms. The molecule has 1 fully saturated rings. The number of alkyl halides is 3. The monoisotopic (exact) mass is 514 g/mol. The molecule has 37 heavy (non-hydrogen) atoms. The molecule has 8 nitrogen and oxygen atoms in total.